The Morgan fingerprint density at radius 1 is 0.829 bits per heavy atom. The van der Waals surface area contributed by atoms with E-state index >= 15 is 0 Å². The fraction of sp³-hybridized carbons (Fsp3) is 0.345. The third-order valence-corrected chi connectivity index (χ3v) is 6.61. The number of nitrogens with zero attached hydrogens (tertiary/aromatic N) is 2. The predicted octanol–water partition coefficient (Wildman–Crippen LogP) is 5.33. The molecule has 35 heavy (non-hydrogen) atoms. The van der Waals surface area contributed by atoms with Crippen LogP contribution in [-0.2, 0) is 6.54 Å². The number of hydrogen-bond acceptors (Lipinski definition) is 5. The summed E-state index contributed by atoms with van der Waals surface area (Å²) in [6.07, 6.45) is 1.79. The molecule has 3 aromatic rings. The summed E-state index contributed by atoms with van der Waals surface area (Å²) < 4.78 is 16.2. The molecular formula is C29H34N2O4. The lowest BCUT2D eigenvalue weighted by Crippen LogP contribution is -2.47. The van der Waals surface area contributed by atoms with E-state index in [1.54, 1.807) is 21.3 Å². The maximum Gasteiger partial charge on any atom is 0.258 e. The highest BCUT2D eigenvalue weighted by atomic mass is 16.5. The summed E-state index contributed by atoms with van der Waals surface area (Å²) >= 11 is 0. The number of rotatable bonds is 8. The van der Waals surface area contributed by atoms with Crippen molar-refractivity contribution in [2.24, 2.45) is 0 Å². The van der Waals surface area contributed by atoms with Crippen molar-refractivity contribution in [1.82, 2.24) is 4.90 Å². The van der Waals surface area contributed by atoms with E-state index < -0.39 is 0 Å². The lowest BCUT2D eigenvalue weighted by atomic mass is 9.99. The number of piperidine rings is 1. The van der Waals surface area contributed by atoms with Crippen molar-refractivity contribution < 1.29 is 19.0 Å². The van der Waals surface area contributed by atoms with Crippen molar-refractivity contribution in [2.75, 3.05) is 39.3 Å². The average molecular weight is 475 g/mol. The molecular weight excluding hydrogens is 440 g/mol. The molecule has 1 aliphatic heterocycles. The first-order valence-corrected chi connectivity index (χ1v) is 12.0. The van der Waals surface area contributed by atoms with E-state index in [1.807, 2.05) is 66.4 Å². The van der Waals surface area contributed by atoms with Gasteiger partial charge in [0.2, 0.25) is 0 Å². The van der Waals surface area contributed by atoms with Gasteiger partial charge in [-0.25, -0.2) is 0 Å². The first kappa shape index (κ1) is 24.6. The molecule has 1 fully saturated rings. The first-order chi connectivity index (χ1) is 17.0. The number of ether oxygens (including phenoxy) is 3. The SMILES string of the molecule is COc1ccc(N(C(=O)c2ccc(C)cc2)C2CCN(Cc3cc(OC)cc(OC)c3)CC2)cc1. The lowest BCUT2D eigenvalue weighted by molar-refractivity contribution is 0.0958. The molecule has 0 aromatic heterocycles. The standard InChI is InChI=1S/C29H34N2O4/c1-21-5-7-23(8-6-21)29(32)31(24-9-11-26(33-2)12-10-24)25-13-15-30(16-14-25)20-22-17-27(34-3)19-28(18-22)35-4/h5-12,17-19,25H,13-16,20H2,1-4H3. The van der Waals surface area contributed by atoms with Crippen LogP contribution in [0.25, 0.3) is 0 Å². The predicted molar refractivity (Wildman–Crippen MR) is 139 cm³/mol. The third kappa shape index (κ3) is 5.95. The molecule has 0 N–H and O–H groups in total. The summed E-state index contributed by atoms with van der Waals surface area (Å²) in [4.78, 5) is 18.1. The molecule has 3 aromatic carbocycles. The van der Waals surface area contributed by atoms with Gasteiger partial charge in [-0.05, 0) is 73.9 Å². The van der Waals surface area contributed by atoms with Crippen molar-refractivity contribution >= 4 is 11.6 Å². The Morgan fingerprint density at radius 2 is 1.40 bits per heavy atom. The van der Waals surface area contributed by atoms with Crippen molar-refractivity contribution in [3.63, 3.8) is 0 Å². The molecule has 1 amide bonds. The van der Waals surface area contributed by atoms with Gasteiger partial charge in [0.05, 0.1) is 21.3 Å². The van der Waals surface area contributed by atoms with Crippen LogP contribution in [0.1, 0.15) is 34.3 Å². The summed E-state index contributed by atoms with van der Waals surface area (Å²) in [5, 5.41) is 0. The Hall–Kier alpha value is -3.51. The zero-order valence-electron chi connectivity index (χ0n) is 21.0. The van der Waals surface area contributed by atoms with Gasteiger partial charge in [-0.2, -0.15) is 0 Å². The zero-order chi connectivity index (χ0) is 24.8. The maximum absolute atomic E-state index is 13.7. The number of methoxy groups -OCH3 is 3. The van der Waals surface area contributed by atoms with Gasteiger partial charge >= 0.3 is 0 Å². The number of aryl methyl sites for hydroxylation is 1. The largest absolute Gasteiger partial charge is 0.497 e. The van der Waals surface area contributed by atoms with E-state index in [2.05, 4.69) is 17.0 Å². The minimum absolute atomic E-state index is 0.0335. The second-order valence-corrected chi connectivity index (χ2v) is 8.97. The Bertz CT molecular complexity index is 1100. The minimum atomic E-state index is 0.0335. The number of amides is 1. The minimum Gasteiger partial charge on any atom is -0.497 e. The Morgan fingerprint density at radius 3 is 1.94 bits per heavy atom. The molecule has 0 spiro atoms. The molecule has 0 bridgehead atoms. The fourth-order valence-electron chi connectivity index (χ4n) is 4.62. The Balaban J connectivity index is 1.51. The Labute approximate surface area is 208 Å². The molecule has 4 rings (SSSR count). The van der Waals surface area contributed by atoms with Gasteiger partial charge in [0.15, 0.2) is 0 Å². The third-order valence-electron chi connectivity index (χ3n) is 6.61. The number of hydrogen-bond donors (Lipinski definition) is 0. The summed E-state index contributed by atoms with van der Waals surface area (Å²) in [5.41, 5.74) is 3.90. The molecule has 1 heterocycles. The van der Waals surface area contributed by atoms with Crippen LogP contribution in [0, 0.1) is 6.92 Å². The van der Waals surface area contributed by atoms with Crippen LogP contribution >= 0.6 is 0 Å². The van der Waals surface area contributed by atoms with Crippen LogP contribution in [0.15, 0.2) is 66.7 Å². The summed E-state index contributed by atoms with van der Waals surface area (Å²) in [5.74, 6) is 2.40. The molecule has 0 radical (unpaired) electrons. The summed E-state index contributed by atoms with van der Waals surface area (Å²) in [6.45, 7) is 4.65. The van der Waals surface area contributed by atoms with Crippen molar-refractivity contribution in [3.8, 4) is 17.2 Å². The first-order valence-electron chi connectivity index (χ1n) is 12.0. The zero-order valence-corrected chi connectivity index (χ0v) is 21.0. The average Bonchev–Trinajstić information content (AvgIpc) is 2.90. The van der Waals surface area contributed by atoms with E-state index in [-0.39, 0.29) is 11.9 Å². The molecule has 6 heteroatoms. The van der Waals surface area contributed by atoms with E-state index in [0.29, 0.717) is 5.56 Å². The number of carbonyl (C=O) groups is 1. The molecule has 0 aliphatic carbocycles. The van der Waals surface area contributed by atoms with Crippen LogP contribution < -0.4 is 19.1 Å². The van der Waals surface area contributed by atoms with Crippen LogP contribution in [0.2, 0.25) is 0 Å². The van der Waals surface area contributed by atoms with Gasteiger partial charge in [-0.1, -0.05) is 17.7 Å². The van der Waals surface area contributed by atoms with Crippen LogP contribution in [0.5, 0.6) is 17.2 Å². The van der Waals surface area contributed by atoms with Gasteiger partial charge in [0.1, 0.15) is 17.2 Å². The van der Waals surface area contributed by atoms with Crippen molar-refractivity contribution in [2.45, 2.75) is 32.4 Å². The molecule has 0 saturated carbocycles. The molecule has 0 unspecified atom stereocenters. The topological polar surface area (TPSA) is 51.2 Å². The van der Waals surface area contributed by atoms with Gasteiger partial charge in [0.25, 0.3) is 5.91 Å². The van der Waals surface area contributed by atoms with Crippen molar-refractivity contribution in [1.29, 1.82) is 0 Å². The van der Waals surface area contributed by atoms with Gasteiger partial charge in [-0.3, -0.25) is 9.69 Å². The number of likely N-dealkylation sites (tertiary alicyclic amines) is 1. The molecule has 0 atom stereocenters. The van der Waals surface area contributed by atoms with Crippen LogP contribution in [0.3, 0.4) is 0 Å². The fourth-order valence-corrected chi connectivity index (χ4v) is 4.62. The molecule has 1 aliphatic rings. The van der Waals surface area contributed by atoms with Gasteiger partial charge < -0.3 is 19.1 Å². The quantitative estimate of drug-likeness (QED) is 0.442. The van der Waals surface area contributed by atoms with E-state index in [0.717, 1.165) is 66.5 Å². The summed E-state index contributed by atoms with van der Waals surface area (Å²) in [7, 11) is 4.99. The van der Waals surface area contributed by atoms with E-state index in [9.17, 15) is 4.79 Å². The maximum atomic E-state index is 13.7. The van der Waals surface area contributed by atoms with Crippen molar-refractivity contribution in [3.05, 3.63) is 83.4 Å². The number of anilines is 1. The van der Waals surface area contributed by atoms with Gasteiger partial charge in [0, 0.05) is 43.0 Å². The van der Waals surface area contributed by atoms with E-state index in [4.69, 9.17) is 14.2 Å². The molecule has 6 nitrogen and oxygen atoms in total. The second-order valence-electron chi connectivity index (χ2n) is 8.97. The monoisotopic (exact) mass is 474 g/mol. The highest BCUT2D eigenvalue weighted by molar-refractivity contribution is 6.06. The number of benzene rings is 3. The van der Waals surface area contributed by atoms with Crippen LogP contribution in [-0.4, -0.2) is 51.3 Å². The Kier molecular flexibility index (Phi) is 7.93. The van der Waals surface area contributed by atoms with Crippen LogP contribution in [0.4, 0.5) is 5.69 Å². The van der Waals surface area contributed by atoms with Gasteiger partial charge in [-0.15, -0.1) is 0 Å². The molecule has 1 saturated heterocycles. The number of carbonyl (C=O) groups excluding carboxylic acids is 1. The van der Waals surface area contributed by atoms with E-state index in [1.165, 1.54) is 0 Å². The lowest BCUT2D eigenvalue weighted by Gasteiger charge is -2.38. The summed E-state index contributed by atoms with van der Waals surface area (Å²) in [6, 6.07) is 21.7. The second kappa shape index (κ2) is 11.3. The highest BCUT2D eigenvalue weighted by Crippen LogP contribution is 2.29. The smallest absolute Gasteiger partial charge is 0.258 e. The highest BCUT2D eigenvalue weighted by Gasteiger charge is 2.30. The molecule has 184 valence electrons. The normalized spacial score (nSPS) is 14.4.